The predicted octanol–water partition coefficient (Wildman–Crippen LogP) is 4.48. The lowest BCUT2D eigenvalue weighted by Gasteiger charge is -2.07. The highest BCUT2D eigenvalue weighted by Crippen LogP contribution is 2.20. The first-order chi connectivity index (χ1) is 13.1. The zero-order valence-electron chi connectivity index (χ0n) is 14.5. The van der Waals surface area contributed by atoms with Gasteiger partial charge in [-0.2, -0.15) is 5.26 Å². The third-order valence-electron chi connectivity index (χ3n) is 3.69. The number of aromatic nitrogens is 3. The maximum Gasteiger partial charge on any atom is 0.268 e. The van der Waals surface area contributed by atoms with Crippen LogP contribution in [-0.2, 0) is 11.2 Å². The Morgan fingerprint density at radius 2 is 2.11 bits per heavy atom. The third-order valence-corrected chi connectivity index (χ3v) is 4.84. The Morgan fingerprint density at radius 1 is 1.33 bits per heavy atom. The van der Waals surface area contributed by atoms with E-state index in [9.17, 15) is 10.1 Å². The molecule has 0 radical (unpaired) electrons. The van der Waals surface area contributed by atoms with Gasteiger partial charge in [-0.15, -0.1) is 10.2 Å². The molecule has 0 aliphatic carbocycles. The zero-order valence-corrected chi connectivity index (χ0v) is 16.1. The van der Waals surface area contributed by atoms with E-state index >= 15 is 0 Å². The summed E-state index contributed by atoms with van der Waals surface area (Å²) in [6.45, 7) is 2.05. The fourth-order valence-corrected chi connectivity index (χ4v) is 3.39. The summed E-state index contributed by atoms with van der Waals surface area (Å²) in [5.74, 6) is -0.513. The highest BCUT2D eigenvalue weighted by molar-refractivity contribution is 7.15. The van der Waals surface area contributed by atoms with E-state index in [-0.39, 0.29) is 5.57 Å². The van der Waals surface area contributed by atoms with E-state index in [1.54, 1.807) is 12.1 Å². The quantitative estimate of drug-likeness (QED) is 0.491. The number of halogens is 1. The Labute approximate surface area is 165 Å². The molecule has 0 atom stereocenters. The first-order valence-electron chi connectivity index (χ1n) is 8.29. The molecule has 0 aliphatic rings. The number of carbonyl (C=O) groups is 1. The molecule has 136 valence electrons. The number of aryl methyl sites for hydroxylation is 1. The van der Waals surface area contributed by atoms with Crippen LogP contribution in [-0.4, -0.2) is 20.7 Å². The molecule has 0 fully saturated rings. The lowest BCUT2D eigenvalue weighted by atomic mass is 10.2. The van der Waals surface area contributed by atoms with E-state index in [0.717, 1.165) is 23.5 Å². The van der Waals surface area contributed by atoms with Crippen LogP contribution in [0, 0.1) is 11.3 Å². The van der Waals surface area contributed by atoms with Crippen molar-refractivity contribution in [2.45, 2.75) is 19.8 Å². The van der Waals surface area contributed by atoms with Crippen molar-refractivity contribution in [3.8, 4) is 11.8 Å². The molecule has 2 heterocycles. The Kier molecular flexibility index (Phi) is 6.01. The molecule has 1 N–H and O–H groups in total. The molecule has 1 aromatic carbocycles. The number of rotatable bonds is 6. The first kappa shape index (κ1) is 18.8. The van der Waals surface area contributed by atoms with Crippen molar-refractivity contribution in [2.24, 2.45) is 0 Å². The Bertz CT molecular complexity index is 1010. The summed E-state index contributed by atoms with van der Waals surface area (Å²) in [6.07, 6.45) is 5.15. The molecule has 6 nitrogen and oxygen atoms in total. The second kappa shape index (κ2) is 8.62. The van der Waals surface area contributed by atoms with Crippen LogP contribution in [0.3, 0.4) is 0 Å². The standard InChI is InChI=1S/C19H16ClN5OS/c1-2-4-17-23-24-19(27-17)22-18(26)13(12-21)11-16-5-3-10-25(16)15-8-6-14(20)7-9-15/h3,5-11H,2,4H2,1H3,(H,22,24,26). The van der Waals surface area contributed by atoms with Crippen molar-refractivity contribution >= 4 is 40.1 Å². The van der Waals surface area contributed by atoms with Gasteiger partial charge in [0, 0.05) is 29.0 Å². The molecule has 0 spiro atoms. The van der Waals surface area contributed by atoms with E-state index in [2.05, 4.69) is 15.5 Å². The van der Waals surface area contributed by atoms with Crippen LogP contribution in [0.5, 0.6) is 0 Å². The highest BCUT2D eigenvalue weighted by Gasteiger charge is 2.14. The van der Waals surface area contributed by atoms with Crippen molar-refractivity contribution in [1.82, 2.24) is 14.8 Å². The Balaban J connectivity index is 1.82. The normalized spacial score (nSPS) is 11.2. The zero-order chi connectivity index (χ0) is 19.2. The Morgan fingerprint density at radius 3 is 2.81 bits per heavy atom. The second-order valence-corrected chi connectivity index (χ2v) is 7.15. The molecule has 0 unspecified atom stereocenters. The average molecular weight is 398 g/mol. The molecule has 3 rings (SSSR count). The number of amides is 1. The summed E-state index contributed by atoms with van der Waals surface area (Å²) in [5.41, 5.74) is 1.56. The van der Waals surface area contributed by atoms with Gasteiger partial charge < -0.3 is 4.57 Å². The molecule has 0 aliphatic heterocycles. The van der Waals surface area contributed by atoms with Crippen LogP contribution < -0.4 is 5.32 Å². The lowest BCUT2D eigenvalue weighted by Crippen LogP contribution is -2.13. The van der Waals surface area contributed by atoms with Crippen molar-refractivity contribution in [3.63, 3.8) is 0 Å². The largest absolute Gasteiger partial charge is 0.317 e. The van der Waals surface area contributed by atoms with Crippen LogP contribution in [0.4, 0.5) is 5.13 Å². The number of anilines is 1. The molecule has 3 aromatic rings. The van der Waals surface area contributed by atoms with E-state index in [4.69, 9.17) is 11.6 Å². The van der Waals surface area contributed by atoms with Gasteiger partial charge in [0.05, 0.1) is 0 Å². The lowest BCUT2D eigenvalue weighted by molar-refractivity contribution is -0.112. The van der Waals surface area contributed by atoms with Crippen LogP contribution in [0.15, 0.2) is 48.2 Å². The molecule has 2 aromatic heterocycles. The molecule has 0 bridgehead atoms. The van der Waals surface area contributed by atoms with Crippen molar-refractivity contribution in [3.05, 3.63) is 63.9 Å². The van der Waals surface area contributed by atoms with Gasteiger partial charge in [-0.25, -0.2) is 0 Å². The number of carbonyl (C=O) groups excluding carboxylic acids is 1. The number of hydrogen-bond acceptors (Lipinski definition) is 5. The maximum absolute atomic E-state index is 12.4. The van der Waals surface area contributed by atoms with Gasteiger partial charge >= 0.3 is 0 Å². The van der Waals surface area contributed by atoms with E-state index in [1.165, 1.54) is 17.4 Å². The Hall–Kier alpha value is -2.95. The van der Waals surface area contributed by atoms with Gasteiger partial charge in [0.15, 0.2) is 0 Å². The number of nitrogens with zero attached hydrogens (tertiary/aromatic N) is 4. The summed E-state index contributed by atoms with van der Waals surface area (Å²) >= 11 is 7.25. The number of hydrogen-bond donors (Lipinski definition) is 1. The van der Waals surface area contributed by atoms with Gasteiger partial charge in [-0.05, 0) is 48.9 Å². The molecule has 0 saturated heterocycles. The summed E-state index contributed by atoms with van der Waals surface area (Å²) in [4.78, 5) is 12.4. The summed E-state index contributed by atoms with van der Waals surface area (Å²) in [7, 11) is 0. The van der Waals surface area contributed by atoms with Crippen molar-refractivity contribution in [1.29, 1.82) is 5.26 Å². The molecular formula is C19H16ClN5OS. The smallest absolute Gasteiger partial charge is 0.268 e. The third kappa shape index (κ3) is 4.61. The maximum atomic E-state index is 12.4. The second-order valence-electron chi connectivity index (χ2n) is 5.65. The molecule has 27 heavy (non-hydrogen) atoms. The fraction of sp³-hybridized carbons (Fsp3) is 0.158. The van der Waals surface area contributed by atoms with Gasteiger partial charge in [-0.3, -0.25) is 10.1 Å². The number of nitriles is 1. The van der Waals surface area contributed by atoms with Gasteiger partial charge in [0.25, 0.3) is 5.91 Å². The van der Waals surface area contributed by atoms with Crippen LogP contribution in [0.1, 0.15) is 24.0 Å². The number of nitrogens with one attached hydrogen (secondary N) is 1. The fourth-order valence-electron chi connectivity index (χ4n) is 2.43. The predicted molar refractivity (Wildman–Crippen MR) is 107 cm³/mol. The van der Waals surface area contributed by atoms with E-state index < -0.39 is 5.91 Å². The van der Waals surface area contributed by atoms with Gasteiger partial charge in [-0.1, -0.05) is 29.9 Å². The van der Waals surface area contributed by atoms with Crippen molar-refractivity contribution < 1.29 is 4.79 Å². The average Bonchev–Trinajstić information content (AvgIpc) is 3.30. The molecule has 1 amide bonds. The molecule has 8 heteroatoms. The minimum absolute atomic E-state index is 0.0174. The van der Waals surface area contributed by atoms with Gasteiger partial charge in [0.2, 0.25) is 5.13 Å². The van der Waals surface area contributed by atoms with Crippen molar-refractivity contribution in [2.75, 3.05) is 5.32 Å². The highest BCUT2D eigenvalue weighted by atomic mass is 35.5. The summed E-state index contributed by atoms with van der Waals surface area (Å²) < 4.78 is 1.87. The number of benzene rings is 1. The molecule has 0 saturated carbocycles. The van der Waals surface area contributed by atoms with Gasteiger partial charge in [0.1, 0.15) is 16.6 Å². The van der Waals surface area contributed by atoms with Crippen LogP contribution in [0.25, 0.3) is 11.8 Å². The first-order valence-corrected chi connectivity index (χ1v) is 9.49. The van der Waals surface area contributed by atoms with E-state index in [0.29, 0.717) is 15.8 Å². The monoisotopic (exact) mass is 397 g/mol. The SMILES string of the molecule is CCCc1nnc(NC(=O)C(C#N)=Cc2cccn2-c2ccc(Cl)cc2)s1. The topological polar surface area (TPSA) is 83.6 Å². The van der Waals surface area contributed by atoms with Crippen LogP contribution >= 0.6 is 22.9 Å². The summed E-state index contributed by atoms with van der Waals surface area (Å²) in [5, 5.41) is 21.9. The summed E-state index contributed by atoms with van der Waals surface area (Å²) in [6, 6.07) is 12.9. The minimum Gasteiger partial charge on any atom is -0.317 e. The molecular weight excluding hydrogens is 382 g/mol. The van der Waals surface area contributed by atoms with Crippen LogP contribution in [0.2, 0.25) is 5.02 Å². The van der Waals surface area contributed by atoms with E-state index in [1.807, 2.05) is 48.0 Å². The minimum atomic E-state index is -0.513.